The minimum absolute atomic E-state index is 0.0871. The lowest BCUT2D eigenvalue weighted by Crippen LogP contribution is -2.15. The summed E-state index contributed by atoms with van der Waals surface area (Å²) in [6.45, 7) is 2.51. The minimum Gasteiger partial charge on any atom is -0.380 e. The minimum atomic E-state index is -0.0871. The van der Waals surface area contributed by atoms with Crippen LogP contribution in [0.4, 0.5) is 5.69 Å². The van der Waals surface area contributed by atoms with E-state index in [9.17, 15) is 4.79 Å². The second kappa shape index (κ2) is 5.73. The molecule has 0 fully saturated rings. The molecule has 2 aromatic carbocycles. The van der Waals surface area contributed by atoms with Crippen LogP contribution < -0.4 is 10.9 Å². The van der Waals surface area contributed by atoms with Crippen LogP contribution in [0.25, 0.3) is 21.8 Å². The normalized spacial score (nSPS) is 11.2. The molecule has 0 saturated carbocycles. The summed E-state index contributed by atoms with van der Waals surface area (Å²) < 4.78 is 0. The van der Waals surface area contributed by atoms with Gasteiger partial charge in [-0.3, -0.25) is 4.79 Å². The Morgan fingerprint density at radius 1 is 1.08 bits per heavy atom. The highest BCUT2D eigenvalue weighted by Gasteiger charge is 2.07. The maximum Gasteiger partial charge on any atom is 0.253 e. The summed E-state index contributed by atoms with van der Waals surface area (Å²) >= 11 is 6.04. The van der Waals surface area contributed by atoms with E-state index in [2.05, 4.69) is 28.3 Å². The molecule has 4 rings (SSSR count). The van der Waals surface area contributed by atoms with Crippen molar-refractivity contribution in [2.24, 2.45) is 0 Å². The van der Waals surface area contributed by atoms with Crippen LogP contribution in [0.3, 0.4) is 0 Å². The number of benzene rings is 2. The van der Waals surface area contributed by atoms with Gasteiger partial charge in [-0.25, -0.2) is 0 Å². The number of hydrogen-bond donors (Lipinski definition) is 3. The van der Waals surface area contributed by atoms with E-state index in [1.54, 1.807) is 6.07 Å². The molecule has 120 valence electrons. The highest BCUT2D eigenvalue weighted by atomic mass is 35.5. The number of fused-ring (bicyclic) bond motifs is 2. The monoisotopic (exact) mass is 337 g/mol. The van der Waals surface area contributed by atoms with E-state index in [0.717, 1.165) is 27.7 Å². The fraction of sp³-hybridized carbons (Fsp3) is 0.105. The van der Waals surface area contributed by atoms with Crippen LogP contribution in [0.1, 0.15) is 11.1 Å². The van der Waals surface area contributed by atoms with Crippen molar-refractivity contribution in [3.05, 3.63) is 75.2 Å². The van der Waals surface area contributed by atoms with Gasteiger partial charge in [0.1, 0.15) is 0 Å². The third kappa shape index (κ3) is 2.55. The van der Waals surface area contributed by atoms with E-state index in [1.807, 2.05) is 36.5 Å². The first-order valence-corrected chi connectivity index (χ1v) is 8.11. The van der Waals surface area contributed by atoms with Gasteiger partial charge in [-0.2, -0.15) is 0 Å². The van der Waals surface area contributed by atoms with Gasteiger partial charge in [-0.1, -0.05) is 17.7 Å². The summed E-state index contributed by atoms with van der Waals surface area (Å²) in [5.74, 6) is 0. The number of anilines is 1. The van der Waals surface area contributed by atoms with Gasteiger partial charge < -0.3 is 15.3 Å². The van der Waals surface area contributed by atoms with Crippen LogP contribution in [-0.4, -0.2) is 9.97 Å². The first-order valence-electron chi connectivity index (χ1n) is 7.74. The van der Waals surface area contributed by atoms with Crippen molar-refractivity contribution < 1.29 is 0 Å². The molecule has 0 saturated heterocycles. The van der Waals surface area contributed by atoms with Crippen molar-refractivity contribution in [1.82, 2.24) is 9.97 Å². The standard InChI is InChI=1S/C19H16ClN3O/c1-11-16(4-2-12-6-7-21-18(11)12)22-10-14-8-13-9-15(20)3-5-17(13)23-19(14)24/h2-9,21-22H,10H2,1H3,(H,23,24). The van der Waals surface area contributed by atoms with Crippen molar-refractivity contribution >= 4 is 39.1 Å². The molecule has 0 atom stereocenters. The van der Waals surface area contributed by atoms with Gasteiger partial charge >= 0.3 is 0 Å². The van der Waals surface area contributed by atoms with Crippen LogP contribution in [0.5, 0.6) is 0 Å². The molecule has 24 heavy (non-hydrogen) atoms. The molecule has 0 amide bonds. The number of aromatic nitrogens is 2. The summed E-state index contributed by atoms with van der Waals surface area (Å²) in [4.78, 5) is 18.4. The molecule has 0 radical (unpaired) electrons. The second-order valence-corrected chi connectivity index (χ2v) is 6.33. The average molecular weight is 338 g/mol. The molecule has 0 aliphatic carbocycles. The largest absolute Gasteiger partial charge is 0.380 e. The number of aromatic amines is 2. The average Bonchev–Trinajstić information content (AvgIpc) is 3.04. The summed E-state index contributed by atoms with van der Waals surface area (Å²) in [6, 6.07) is 13.5. The zero-order valence-corrected chi connectivity index (χ0v) is 13.9. The van der Waals surface area contributed by atoms with Crippen LogP contribution in [-0.2, 0) is 6.54 Å². The number of halogens is 1. The van der Waals surface area contributed by atoms with Gasteiger partial charge in [0.25, 0.3) is 5.56 Å². The number of H-pyrrole nitrogens is 2. The molecule has 4 nitrogen and oxygen atoms in total. The third-order valence-corrected chi connectivity index (χ3v) is 4.58. The molecule has 3 N–H and O–H groups in total. The lowest BCUT2D eigenvalue weighted by atomic mass is 10.1. The zero-order valence-electron chi connectivity index (χ0n) is 13.1. The van der Waals surface area contributed by atoms with E-state index >= 15 is 0 Å². The molecule has 0 aliphatic rings. The Morgan fingerprint density at radius 2 is 1.96 bits per heavy atom. The topological polar surface area (TPSA) is 60.7 Å². The molecule has 2 aromatic heterocycles. The maximum atomic E-state index is 12.3. The lowest BCUT2D eigenvalue weighted by molar-refractivity contribution is 1.09. The Kier molecular flexibility index (Phi) is 3.54. The van der Waals surface area contributed by atoms with Crippen LogP contribution >= 0.6 is 11.6 Å². The number of pyridine rings is 1. The van der Waals surface area contributed by atoms with Crippen LogP contribution in [0.15, 0.2) is 53.5 Å². The second-order valence-electron chi connectivity index (χ2n) is 5.89. The van der Waals surface area contributed by atoms with E-state index in [-0.39, 0.29) is 5.56 Å². The quantitative estimate of drug-likeness (QED) is 0.512. The van der Waals surface area contributed by atoms with Gasteiger partial charge in [-0.05, 0) is 54.3 Å². The Hall–Kier alpha value is -2.72. The van der Waals surface area contributed by atoms with Crippen molar-refractivity contribution in [3.63, 3.8) is 0 Å². The highest BCUT2D eigenvalue weighted by molar-refractivity contribution is 6.31. The van der Waals surface area contributed by atoms with Crippen LogP contribution in [0.2, 0.25) is 5.02 Å². The first-order chi connectivity index (χ1) is 11.6. The number of nitrogens with one attached hydrogen (secondary N) is 3. The number of aryl methyl sites for hydroxylation is 1. The van der Waals surface area contributed by atoms with E-state index in [4.69, 9.17) is 11.6 Å². The van der Waals surface area contributed by atoms with E-state index in [1.165, 1.54) is 5.39 Å². The zero-order chi connectivity index (χ0) is 16.7. The first kappa shape index (κ1) is 14.8. The van der Waals surface area contributed by atoms with Crippen molar-refractivity contribution in [2.45, 2.75) is 13.5 Å². The van der Waals surface area contributed by atoms with Gasteiger partial charge in [0, 0.05) is 39.9 Å². The number of rotatable bonds is 3. The predicted molar refractivity (Wildman–Crippen MR) is 99.9 cm³/mol. The van der Waals surface area contributed by atoms with Crippen molar-refractivity contribution in [2.75, 3.05) is 5.32 Å². The number of hydrogen-bond acceptors (Lipinski definition) is 2. The van der Waals surface area contributed by atoms with Gasteiger partial charge in [0.2, 0.25) is 0 Å². The summed E-state index contributed by atoms with van der Waals surface area (Å²) in [5, 5.41) is 6.12. The molecular formula is C19H16ClN3O. The molecule has 4 aromatic rings. The fourth-order valence-corrected chi connectivity index (χ4v) is 3.19. The Bertz CT molecular complexity index is 1110. The lowest BCUT2D eigenvalue weighted by Gasteiger charge is -2.11. The smallest absolute Gasteiger partial charge is 0.253 e. The van der Waals surface area contributed by atoms with Gasteiger partial charge in [-0.15, -0.1) is 0 Å². The highest BCUT2D eigenvalue weighted by Crippen LogP contribution is 2.24. The Labute approximate surface area is 143 Å². The molecule has 0 aliphatic heterocycles. The molecule has 0 unspecified atom stereocenters. The van der Waals surface area contributed by atoms with Gasteiger partial charge in [0.15, 0.2) is 0 Å². The van der Waals surface area contributed by atoms with E-state index < -0.39 is 0 Å². The SMILES string of the molecule is Cc1c(NCc2cc3cc(Cl)ccc3[nH]c2=O)ccc2cc[nH]c12. The molecule has 0 bridgehead atoms. The molecule has 2 heterocycles. The molecular weight excluding hydrogens is 322 g/mol. The fourth-order valence-electron chi connectivity index (χ4n) is 3.01. The van der Waals surface area contributed by atoms with E-state index in [0.29, 0.717) is 17.1 Å². The Balaban J connectivity index is 1.67. The molecule has 5 heteroatoms. The molecule has 0 spiro atoms. The summed E-state index contributed by atoms with van der Waals surface area (Å²) in [7, 11) is 0. The van der Waals surface area contributed by atoms with Crippen molar-refractivity contribution in [1.29, 1.82) is 0 Å². The summed E-state index contributed by atoms with van der Waals surface area (Å²) in [5.41, 5.74) is 4.64. The van der Waals surface area contributed by atoms with Crippen LogP contribution in [0, 0.1) is 6.92 Å². The Morgan fingerprint density at radius 3 is 2.83 bits per heavy atom. The predicted octanol–water partition coefficient (Wildman–Crippen LogP) is 4.58. The van der Waals surface area contributed by atoms with Gasteiger partial charge in [0.05, 0.1) is 5.52 Å². The third-order valence-electron chi connectivity index (χ3n) is 4.34. The van der Waals surface area contributed by atoms with Crippen molar-refractivity contribution in [3.8, 4) is 0 Å². The maximum absolute atomic E-state index is 12.3. The summed E-state index contributed by atoms with van der Waals surface area (Å²) in [6.07, 6.45) is 1.93.